The number of aromatic nitrogens is 3. The number of ether oxygens (including phenoxy) is 2. The van der Waals surface area contributed by atoms with Gasteiger partial charge in [-0.15, -0.1) is 13.2 Å². The molecule has 2 atom stereocenters. The number of imidazole rings is 1. The Morgan fingerprint density at radius 2 is 1.60 bits per heavy atom. The molecule has 2 saturated heterocycles. The molecule has 4 amide bonds. The molecule has 2 aromatic heterocycles. The molecule has 3 N–H and O–H groups in total. The van der Waals surface area contributed by atoms with Gasteiger partial charge in [-0.3, -0.25) is 14.4 Å². The van der Waals surface area contributed by atoms with Crippen molar-refractivity contribution in [2.24, 2.45) is 11.3 Å². The molecule has 18 heteroatoms. The van der Waals surface area contributed by atoms with Crippen LogP contribution in [0.2, 0.25) is 5.02 Å². The van der Waals surface area contributed by atoms with Gasteiger partial charge in [-0.05, 0) is 54.2 Å². The van der Waals surface area contributed by atoms with Crippen LogP contribution in [0.3, 0.4) is 0 Å². The van der Waals surface area contributed by atoms with Crippen LogP contribution < -0.4 is 20.3 Å². The highest BCUT2D eigenvalue weighted by atomic mass is 35.5. The monoisotopic (exact) mass is 852 g/mol. The standard InChI is InChI=1S/C42H48ClF3N8O6/c1-24(2)35(51-40(58)59-6)38(56)54-15-7-8-32(54)36-48-23-31(50-36)26-11-9-25(10-12-26)28-20-30(43)29(21-33(28)60-42(44,45)46)37(55)49-27-13-14-34(47-22-27)52-16-18-53(19-17-52)39(57)41(3,4)5/h9-14,20-24,32,35H,7-8,15-19H2,1-6H3,(H,48,50)(H,49,55)(H,51,58)/t32?,35-/m0/s1. The molecule has 4 aromatic rings. The van der Waals surface area contributed by atoms with Crippen LogP contribution in [0, 0.1) is 11.3 Å². The number of anilines is 2. The van der Waals surface area contributed by atoms with Gasteiger partial charge < -0.3 is 39.8 Å². The number of alkyl halides is 3. The smallest absolute Gasteiger partial charge is 0.453 e. The zero-order chi connectivity index (χ0) is 43.5. The van der Waals surface area contributed by atoms with Gasteiger partial charge in [0.25, 0.3) is 5.91 Å². The summed E-state index contributed by atoms with van der Waals surface area (Å²) in [5.74, 6) is -0.549. The number of methoxy groups -OCH3 is 1. The molecule has 2 aliphatic heterocycles. The number of hydrogen-bond donors (Lipinski definition) is 3. The predicted molar refractivity (Wildman–Crippen MR) is 219 cm³/mol. The molecule has 6 rings (SSSR count). The second kappa shape index (κ2) is 17.8. The molecule has 0 saturated carbocycles. The van der Waals surface area contributed by atoms with Crippen molar-refractivity contribution in [3.8, 4) is 28.1 Å². The summed E-state index contributed by atoms with van der Waals surface area (Å²) in [6, 6.07) is 11.0. The van der Waals surface area contributed by atoms with Crippen LogP contribution in [0.1, 0.15) is 69.7 Å². The molecule has 0 radical (unpaired) electrons. The fourth-order valence-electron chi connectivity index (χ4n) is 7.30. The first kappa shape index (κ1) is 43.7. The lowest BCUT2D eigenvalue weighted by Gasteiger charge is -2.38. The van der Waals surface area contributed by atoms with Gasteiger partial charge in [-0.1, -0.05) is 70.5 Å². The third-order valence-electron chi connectivity index (χ3n) is 10.4. The highest BCUT2D eigenvalue weighted by Crippen LogP contribution is 2.39. The van der Waals surface area contributed by atoms with E-state index in [1.54, 1.807) is 47.5 Å². The number of benzene rings is 2. The van der Waals surface area contributed by atoms with Gasteiger partial charge >= 0.3 is 12.5 Å². The lowest BCUT2D eigenvalue weighted by Crippen LogP contribution is -2.51. The summed E-state index contributed by atoms with van der Waals surface area (Å²) in [6.45, 7) is 12.1. The third-order valence-corrected chi connectivity index (χ3v) is 10.7. The van der Waals surface area contributed by atoms with E-state index in [4.69, 9.17) is 16.3 Å². The molecule has 2 fully saturated rings. The van der Waals surface area contributed by atoms with Gasteiger partial charge in [-0.2, -0.15) is 0 Å². The van der Waals surface area contributed by atoms with Crippen LogP contribution in [-0.2, 0) is 14.3 Å². The van der Waals surface area contributed by atoms with Crippen LogP contribution in [0.15, 0.2) is 60.9 Å². The largest absolute Gasteiger partial charge is 0.573 e. The minimum Gasteiger partial charge on any atom is -0.453 e. The normalized spacial score (nSPS) is 16.4. The Bertz CT molecular complexity index is 2200. The van der Waals surface area contributed by atoms with Crippen molar-refractivity contribution in [2.45, 2.75) is 65.9 Å². The van der Waals surface area contributed by atoms with Crippen LogP contribution in [0.5, 0.6) is 5.75 Å². The van der Waals surface area contributed by atoms with Gasteiger partial charge in [0.2, 0.25) is 11.8 Å². The molecule has 14 nitrogen and oxygen atoms in total. The number of nitrogens with zero attached hydrogens (tertiary/aromatic N) is 5. The Kier molecular flexibility index (Phi) is 13.0. The number of amides is 4. The van der Waals surface area contributed by atoms with E-state index in [0.29, 0.717) is 73.3 Å². The fraction of sp³-hybridized carbons (Fsp3) is 0.429. The van der Waals surface area contributed by atoms with Crippen molar-refractivity contribution in [3.05, 3.63) is 77.3 Å². The quantitative estimate of drug-likeness (QED) is 0.145. The van der Waals surface area contributed by atoms with Gasteiger partial charge in [0.1, 0.15) is 23.4 Å². The highest BCUT2D eigenvalue weighted by Gasteiger charge is 2.38. The molecule has 0 spiro atoms. The van der Waals surface area contributed by atoms with Crippen LogP contribution in [0.25, 0.3) is 22.4 Å². The zero-order valence-corrected chi connectivity index (χ0v) is 34.9. The number of alkyl carbamates (subject to hydrolysis) is 1. The number of aromatic amines is 1. The average Bonchev–Trinajstić information content (AvgIpc) is 3.90. The Balaban J connectivity index is 1.15. The zero-order valence-electron chi connectivity index (χ0n) is 34.2. The van der Waals surface area contributed by atoms with E-state index in [1.165, 1.54) is 19.4 Å². The highest BCUT2D eigenvalue weighted by molar-refractivity contribution is 6.35. The lowest BCUT2D eigenvalue weighted by molar-refractivity contribution is -0.274. The summed E-state index contributed by atoms with van der Waals surface area (Å²) in [5.41, 5.74) is 1.19. The molecule has 4 heterocycles. The Labute approximate surface area is 350 Å². The second-order valence-electron chi connectivity index (χ2n) is 16.1. The molecule has 2 aliphatic rings. The summed E-state index contributed by atoms with van der Waals surface area (Å²) in [4.78, 5) is 69.4. The lowest BCUT2D eigenvalue weighted by atomic mass is 9.94. The Morgan fingerprint density at radius 3 is 2.20 bits per heavy atom. The SMILES string of the molecule is COC(=O)N[C@H](C(=O)N1CCCC1c1ncc(-c2ccc(-c3cc(Cl)c(C(=O)Nc4ccc(N5CCN(C(=O)C(C)(C)C)CC5)nc4)cc3OC(F)(F)F)cc2)[nH]1)C(C)C. The third kappa shape index (κ3) is 10.1. The van der Waals surface area contributed by atoms with E-state index in [2.05, 4.69) is 30.3 Å². The minimum absolute atomic E-state index is 0.00132. The summed E-state index contributed by atoms with van der Waals surface area (Å²) in [5, 5.41) is 5.17. The molecular formula is C42H48ClF3N8O6. The average molecular weight is 853 g/mol. The number of likely N-dealkylation sites (tertiary alicyclic amines) is 1. The van der Waals surface area contributed by atoms with Crippen LogP contribution in [0.4, 0.5) is 29.5 Å². The molecule has 60 heavy (non-hydrogen) atoms. The summed E-state index contributed by atoms with van der Waals surface area (Å²) in [6.07, 6.45) is -1.33. The maximum atomic E-state index is 13.7. The van der Waals surface area contributed by atoms with Crippen molar-refractivity contribution < 1.29 is 41.8 Å². The van der Waals surface area contributed by atoms with Crippen molar-refractivity contribution >= 4 is 46.9 Å². The van der Waals surface area contributed by atoms with Gasteiger partial charge in [-0.25, -0.2) is 14.8 Å². The predicted octanol–water partition coefficient (Wildman–Crippen LogP) is 7.68. The van der Waals surface area contributed by atoms with Crippen molar-refractivity contribution in [2.75, 3.05) is 50.1 Å². The summed E-state index contributed by atoms with van der Waals surface area (Å²) < 4.78 is 50.3. The molecule has 0 bridgehead atoms. The number of halogens is 4. The number of nitrogens with one attached hydrogen (secondary N) is 3. The number of piperazine rings is 1. The number of hydrogen-bond acceptors (Lipinski definition) is 9. The molecule has 1 unspecified atom stereocenters. The van der Waals surface area contributed by atoms with Crippen molar-refractivity contribution in [3.63, 3.8) is 0 Å². The number of carbonyl (C=O) groups excluding carboxylic acids is 4. The first-order chi connectivity index (χ1) is 28.3. The van der Waals surface area contributed by atoms with Gasteiger partial charge in [0, 0.05) is 43.7 Å². The van der Waals surface area contributed by atoms with Crippen molar-refractivity contribution in [1.29, 1.82) is 0 Å². The van der Waals surface area contributed by atoms with Gasteiger partial charge in [0.05, 0.1) is 47.5 Å². The topological polar surface area (TPSA) is 162 Å². The minimum atomic E-state index is -5.08. The van der Waals surface area contributed by atoms with E-state index in [-0.39, 0.29) is 39.9 Å². The molecule has 320 valence electrons. The summed E-state index contributed by atoms with van der Waals surface area (Å²) in [7, 11) is 1.23. The van der Waals surface area contributed by atoms with Crippen LogP contribution >= 0.6 is 11.6 Å². The van der Waals surface area contributed by atoms with E-state index < -0.39 is 35.6 Å². The summed E-state index contributed by atoms with van der Waals surface area (Å²) >= 11 is 6.55. The molecule has 0 aliphatic carbocycles. The fourth-order valence-corrected chi connectivity index (χ4v) is 7.54. The molecular weight excluding hydrogens is 805 g/mol. The van der Waals surface area contributed by atoms with E-state index in [9.17, 15) is 32.3 Å². The maximum Gasteiger partial charge on any atom is 0.573 e. The Hall–Kier alpha value is -5.84. The van der Waals surface area contributed by atoms with Crippen LogP contribution in [-0.4, -0.2) is 101 Å². The maximum absolute atomic E-state index is 13.7. The number of pyridine rings is 1. The second-order valence-corrected chi connectivity index (χ2v) is 16.5. The first-order valence-corrected chi connectivity index (χ1v) is 19.9. The molecule has 2 aromatic carbocycles. The van der Waals surface area contributed by atoms with E-state index >= 15 is 0 Å². The number of rotatable bonds is 10. The van der Waals surface area contributed by atoms with Gasteiger partial charge in [0.15, 0.2) is 0 Å². The van der Waals surface area contributed by atoms with E-state index in [0.717, 1.165) is 12.5 Å². The number of H-pyrrole nitrogens is 1. The van der Waals surface area contributed by atoms with Crippen molar-refractivity contribution in [1.82, 2.24) is 30.1 Å². The Morgan fingerprint density at radius 1 is 0.917 bits per heavy atom. The number of carbonyl (C=O) groups is 4. The van der Waals surface area contributed by atoms with E-state index in [1.807, 2.05) is 44.4 Å². The first-order valence-electron chi connectivity index (χ1n) is 19.5.